The van der Waals surface area contributed by atoms with Crippen molar-refractivity contribution >= 4 is 11.8 Å². The molecule has 26 heavy (non-hydrogen) atoms. The molecule has 2 aliphatic rings. The molecule has 1 heterocycles. The molecular weight excluding hydrogens is 331 g/mol. The fourth-order valence-electron chi connectivity index (χ4n) is 4.15. The van der Waals surface area contributed by atoms with Crippen LogP contribution in [-0.2, 0) is 0 Å². The highest BCUT2D eigenvalue weighted by atomic mass is 19.1. The Morgan fingerprint density at radius 1 is 1.08 bits per heavy atom. The molecule has 1 aliphatic heterocycles. The van der Waals surface area contributed by atoms with Gasteiger partial charge in [-0.2, -0.15) is 0 Å². The number of piperidine rings is 1. The van der Waals surface area contributed by atoms with Crippen LogP contribution >= 0.6 is 0 Å². The molecule has 2 bridgehead atoms. The van der Waals surface area contributed by atoms with Crippen LogP contribution in [0.25, 0.3) is 0 Å². The van der Waals surface area contributed by atoms with E-state index in [4.69, 9.17) is 0 Å². The number of fused-ring (bicyclic) bond motifs is 2. The monoisotopic (exact) mass is 352 g/mol. The third-order valence-electron chi connectivity index (χ3n) is 5.51. The predicted octanol–water partition coefficient (Wildman–Crippen LogP) is 3.17. The summed E-state index contributed by atoms with van der Waals surface area (Å²) in [6, 6.07) is 13.6. The quantitative estimate of drug-likeness (QED) is 0.922. The van der Waals surface area contributed by atoms with E-state index in [1.807, 2.05) is 18.2 Å². The summed E-state index contributed by atoms with van der Waals surface area (Å²) >= 11 is 0. The van der Waals surface area contributed by atoms with Crippen molar-refractivity contribution in [2.24, 2.45) is 5.92 Å². The van der Waals surface area contributed by atoms with Crippen LogP contribution in [0.3, 0.4) is 0 Å². The molecule has 3 atom stereocenters. The normalized spacial score (nSPS) is 23.9. The number of nitrogens with zero attached hydrogens (tertiary/aromatic N) is 1. The molecule has 4 rings (SSSR count). The first-order chi connectivity index (χ1) is 12.5. The lowest BCUT2D eigenvalue weighted by atomic mass is 10.0. The Balaban J connectivity index is 1.49. The largest absolute Gasteiger partial charge is 0.347 e. The number of hydrogen-bond acceptors (Lipinski definition) is 2. The lowest BCUT2D eigenvalue weighted by molar-refractivity contribution is 0.0648. The number of amides is 2. The van der Waals surface area contributed by atoms with E-state index in [1.54, 1.807) is 36.1 Å². The molecule has 1 aliphatic carbocycles. The lowest BCUT2D eigenvalue weighted by Crippen LogP contribution is -2.52. The van der Waals surface area contributed by atoms with Crippen molar-refractivity contribution < 1.29 is 14.0 Å². The second-order valence-corrected chi connectivity index (χ2v) is 7.27. The molecular formula is C21H21FN2O2. The number of aryl methyl sites for hydroxylation is 1. The number of benzene rings is 2. The van der Waals surface area contributed by atoms with Crippen molar-refractivity contribution in [3.8, 4) is 0 Å². The van der Waals surface area contributed by atoms with Crippen LogP contribution in [0.15, 0.2) is 48.5 Å². The van der Waals surface area contributed by atoms with Crippen LogP contribution in [0.5, 0.6) is 0 Å². The number of halogens is 1. The van der Waals surface area contributed by atoms with Crippen molar-refractivity contribution in [3.05, 3.63) is 71.0 Å². The first kappa shape index (κ1) is 16.8. The minimum absolute atomic E-state index is 0.0236. The highest BCUT2D eigenvalue weighted by molar-refractivity contribution is 5.96. The van der Waals surface area contributed by atoms with E-state index in [2.05, 4.69) is 5.32 Å². The number of nitrogens with one attached hydrogen (secondary N) is 1. The maximum Gasteiger partial charge on any atom is 0.254 e. The van der Waals surface area contributed by atoms with Crippen LogP contribution < -0.4 is 5.32 Å². The maximum atomic E-state index is 13.8. The van der Waals surface area contributed by atoms with Crippen LogP contribution in [0.2, 0.25) is 0 Å². The summed E-state index contributed by atoms with van der Waals surface area (Å²) in [6.45, 7) is 2.35. The fraction of sp³-hybridized carbons (Fsp3) is 0.333. The smallest absolute Gasteiger partial charge is 0.254 e. The summed E-state index contributed by atoms with van der Waals surface area (Å²) in [5, 5.41) is 3.08. The topological polar surface area (TPSA) is 49.4 Å². The first-order valence-electron chi connectivity index (χ1n) is 8.96. The molecule has 5 heteroatoms. The Labute approximate surface area is 152 Å². The van der Waals surface area contributed by atoms with Gasteiger partial charge in [0.25, 0.3) is 11.8 Å². The zero-order chi connectivity index (χ0) is 18.3. The van der Waals surface area contributed by atoms with Gasteiger partial charge in [0, 0.05) is 23.7 Å². The summed E-state index contributed by atoms with van der Waals surface area (Å²) < 4.78 is 13.8. The molecule has 2 aromatic carbocycles. The van der Waals surface area contributed by atoms with Crippen LogP contribution in [0.1, 0.15) is 39.1 Å². The second kappa shape index (κ2) is 6.56. The van der Waals surface area contributed by atoms with Gasteiger partial charge in [-0.25, -0.2) is 4.39 Å². The lowest BCUT2D eigenvalue weighted by Gasteiger charge is -2.34. The zero-order valence-corrected chi connectivity index (χ0v) is 14.6. The van der Waals surface area contributed by atoms with Crippen LogP contribution in [0, 0.1) is 18.7 Å². The molecule has 2 aromatic rings. The first-order valence-corrected chi connectivity index (χ1v) is 8.96. The number of hydrogen-bond donors (Lipinski definition) is 1. The minimum atomic E-state index is -0.367. The van der Waals surface area contributed by atoms with Gasteiger partial charge in [0.05, 0.1) is 6.04 Å². The van der Waals surface area contributed by atoms with Gasteiger partial charge in [0.2, 0.25) is 0 Å². The highest BCUT2D eigenvalue weighted by Crippen LogP contribution is 2.38. The van der Waals surface area contributed by atoms with E-state index in [0.29, 0.717) is 29.2 Å². The highest BCUT2D eigenvalue weighted by Gasteiger charge is 2.47. The zero-order valence-electron chi connectivity index (χ0n) is 14.6. The van der Waals surface area contributed by atoms with Gasteiger partial charge in [-0.1, -0.05) is 24.3 Å². The molecule has 2 amide bonds. The van der Waals surface area contributed by atoms with E-state index in [-0.39, 0.29) is 29.7 Å². The Morgan fingerprint density at radius 3 is 2.54 bits per heavy atom. The molecule has 4 nitrogen and oxygen atoms in total. The summed E-state index contributed by atoms with van der Waals surface area (Å²) in [5.74, 6) is -0.249. The van der Waals surface area contributed by atoms with E-state index < -0.39 is 0 Å². The van der Waals surface area contributed by atoms with Gasteiger partial charge in [-0.3, -0.25) is 9.59 Å². The Hall–Kier alpha value is -2.69. The third kappa shape index (κ3) is 2.98. The molecule has 1 N–H and O–H groups in total. The Bertz CT molecular complexity index is 852. The summed E-state index contributed by atoms with van der Waals surface area (Å²) in [4.78, 5) is 27.1. The standard InChI is InChI=1S/C21H21FN2O2/c1-13-7-8-16(11-17(13)22)21(26)24-12-14-9-18(19(24)10-14)23-20(25)15-5-3-2-4-6-15/h2-8,11,14,18-19H,9-10,12H2,1H3,(H,23,25). The molecule has 2 fully saturated rings. The molecule has 1 saturated carbocycles. The minimum Gasteiger partial charge on any atom is -0.347 e. The van der Waals surface area contributed by atoms with E-state index in [1.165, 1.54) is 6.07 Å². The van der Waals surface area contributed by atoms with Crippen molar-refractivity contribution in [3.63, 3.8) is 0 Å². The maximum absolute atomic E-state index is 13.8. The predicted molar refractivity (Wildman–Crippen MR) is 96.4 cm³/mol. The van der Waals surface area contributed by atoms with Gasteiger partial charge in [0.1, 0.15) is 5.82 Å². The Kier molecular flexibility index (Phi) is 4.23. The van der Waals surface area contributed by atoms with E-state index in [9.17, 15) is 14.0 Å². The Morgan fingerprint density at radius 2 is 1.85 bits per heavy atom. The summed E-state index contributed by atoms with van der Waals surface area (Å²) in [5.41, 5.74) is 1.51. The summed E-state index contributed by atoms with van der Waals surface area (Å²) in [7, 11) is 0. The molecule has 0 aromatic heterocycles. The van der Waals surface area contributed by atoms with Crippen molar-refractivity contribution in [1.82, 2.24) is 10.2 Å². The molecule has 0 spiro atoms. The average molecular weight is 352 g/mol. The van der Waals surface area contributed by atoms with Crippen LogP contribution in [-0.4, -0.2) is 35.3 Å². The number of carbonyl (C=O) groups excluding carboxylic acids is 2. The van der Waals surface area contributed by atoms with E-state index in [0.717, 1.165) is 12.8 Å². The fourth-order valence-corrected chi connectivity index (χ4v) is 4.15. The van der Waals surface area contributed by atoms with Gasteiger partial charge in [0.15, 0.2) is 0 Å². The number of rotatable bonds is 3. The molecule has 3 unspecified atom stereocenters. The second-order valence-electron chi connectivity index (χ2n) is 7.27. The van der Waals surface area contributed by atoms with Crippen LogP contribution in [0.4, 0.5) is 4.39 Å². The summed E-state index contributed by atoms with van der Waals surface area (Å²) in [6.07, 6.45) is 1.77. The third-order valence-corrected chi connectivity index (χ3v) is 5.51. The average Bonchev–Trinajstić information content (AvgIpc) is 3.24. The van der Waals surface area contributed by atoms with Crippen molar-refractivity contribution in [1.29, 1.82) is 0 Å². The molecule has 134 valence electrons. The van der Waals surface area contributed by atoms with Gasteiger partial charge >= 0.3 is 0 Å². The molecule has 1 saturated heterocycles. The SMILES string of the molecule is Cc1ccc(C(=O)N2CC3CC(NC(=O)c4ccccc4)C2C3)cc1F. The van der Waals surface area contributed by atoms with Crippen molar-refractivity contribution in [2.45, 2.75) is 31.8 Å². The van der Waals surface area contributed by atoms with E-state index >= 15 is 0 Å². The number of likely N-dealkylation sites (tertiary alicyclic amines) is 1. The molecule has 0 radical (unpaired) electrons. The van der Waals surface area contributed by atoms with Gasteiger partial charge < -0.3 is 10.2 Å². The number of carbonyl (C=O) groups is 2. The van der Waals surface area contributed by atoms with Gasteiger partial charge in [-0.15, -0.1) is 0 Å². The van der Waals surface area contributed by atoms with Gasteiger partial charge in [-0.05, 0) is 55.5 Å². The van der Waals surface area contributed by atoms with Crippen molar-refractivity contribution in [2.75, 3.05) is 6.54 Å².